The Kier molecular flexibility index (Phi) is 50.3. The maximum Gasteiger partial charge on any atom is 1.00 e. The number of esters is 4. The van der Waals surface area contributed by atoms with Crippen LogP contribution in [0.5, 0.6) is 0 Å². The summed E-state index contributed by atoms with van der Waals surface area (Å²) in [5.41, 5.74) is 0. The van der Waals surface area contributed by atoms with Crippen molar-refractivity contribution in [3.63, 3.8) is 0 Å². The predicted molar refractivity (Wildman–Crippen MR) is 247 cm³/mol. The number of Topliss-reactive ketones (excluding diaryl/α,β-unsaturated/α-hetero) is 1. The smallest absolute Gasteiger partial charge is 0.481 e. The van der Waals surface area contributed by atoms with Crippen molar-refractivity contribution < 1.29 is 68.5 Å². The quantitative estimate of drug-likeness (QED) is 0.114. The van der Waals surface area contributed by atoms with Crippen LogP contribution in [-0.2, 0) is 61.9 Å². The van der Waals surface area contributed by atoms with Crippen molar-refractivity contribution in [3.05, 3.63) is 0 Å². The SMILES string of the molecule is CC.CC.CC.CC(C)CC(=O)C1CCCO1.CC1CCCO1.COC(=O)CC(C)C.COC(=O)CC(C)C(C)CC(=O)O.COC(=O)CC(C)C(C)CC(=O)OC1CCCO1.[H+]. The number of carbonyl (C=O) groups is 6. The van der Waals surface area contributed by atoms with Crippen LogP contribution in [0.2, 0.25) is 0 Å². The van der Waals surface area contributed by atoms with E-state index in [9.17, 15) is 28.8 Å². The summed E-state index contributed by atoms with van der Waals surface area (Å²) >= 11 is 0. The lowest BCUT2D eigenvalue weighted by molar-refractivity contribution is -0.171. The van der Waals surface area contributed by atoms with E-state index in [0.29, 0.717) is 50.2 Å². The molecule has 0 aromatic carbocycles. The number of ether oxygens (including phenoxy) is 7. The van der Waals surface area contributed by atoms with Crippen LogP contribution in [0.15, 0.2) is 0 Å². The Bertz CT molecular complexity index is 1100. The molecule has 0 spiro atoms. The molecule has 3 saturated heterocycles. The normalized spacial score (nSPS) is 18.7. The number of hydrogen-bond acceptors (Lipinski definition) is 13. The predicted octanol–water partition coefficient (Wildman–Crippen LogP) is 10.6. The molecule has 3 aliphatic rings. The topological polar surface area (TPSA) is 187 Å². The average molecular weight is 896 g/mol. The van der Waals surface area contributed by atoms with E-state index >= 15 is 0 Å². The molecule has 0 amide bonds. The molecule has 0 aromatic rings. The van der Waals surface area contributed by atoms with Gasteiger partial charge in [0.05, 0.1) is 34.0 Å². The van der Waals surface area contributed by atoms with Crippen LogP contribution in [0, 0.1) is 35.5 Å². The molecule has 3 rings (SSSR count). The molecule has 370 valence electrons. The molecule has 0 saturated carbocycles. The molecule has 62 heavy (non-hydrogen) atoms. The lowest BCUT2D eigenvalue weighted by Crippen LogP contribution is -2.22. The van der Waals surface area contributed by atoms with E-state index in [0.717, 1.165) is 38.9 Å². The van der Waals surface area contributed by atoms with Crippen molar-refractivity contribution in [1.82, 2.24) is 0 Å². The van der Waals surface area contributed by atoms with Gasteiger partial charge in [0.2, 0.25) is 6.29 Å². The van der Waals surface area contributed by atoms with E-state index in [2.05, 4.69) is 35.0 Å². The fourth-order valence-corrected chi connectivity index (χ4v) is 5.39. The van der Waals surface area contributed by atoms with Gasteiger partial charge in [0.25, 0.3) is 0 Å². The van der Waals surface area contributed by atoms with Gasteiger partial charge in [0.1, 0.15) is 6.10 Å². The van der Waals surface area contributed by atoms with Gasteiger partial charge in [0.15, 0.2) is 5.78 Å². The standard InChI is InChI=1S/C13H22O5.C9H16O4.C9H16O2.C6H12O2.C5H10O.3C2H6/c1-9(7-11(14)16-3)10(2)8-12(15)18-13-5-4-6-17-13;1-6(4-8(10)11)7(2)5-9(12)13-3;1-7(2)6-8(10)9-4-3-5-11-9;1-5(2)4-6(7)8-3;1-5-3-2-4-6-5;3*1-2/h9-10,13H,4-8H2,1-3H3;6-7H,4-5H2,1-3H3,(H,10,11);7,9H,3-6H2,1-2H3;5H,4H2,1-3H3;5H,2-4H2,1H3;3*1-2H3/p+1. The Morgan fingerprint density at radius 2 is 0.887 bits per heavy atom. The molecule has 7 atom stereocenters. The van der Waals surface area contributed by atoms with Crippen LogP contribution in [-0.4, -0.2) is 100 Å². The van der Waals surface area contributed by atoms with Gasteiger partial charge in [-0.2, -0.15) is 0 Å². The summed E-state index contributed by atoms with van der Waals surface area (Å²) in [5.74, 6) is -0.374. The van der Waals surface area contributed by atoms with E-state index in [4.69, 9.17) is 24.1 Å². The first kappa shape index (κ1) is 68.0. The van der Waals surface area contributed by atoms with Gasteiger partial charge in [-0.15, -0.1) is 0 Å². The van der Waals surface area contributed by atoms with Crippen LogP contribution in [0.4, 0.5) is 0 Å². The summed E-state index contributed by atoms with van der Waals surface area (Å²) in [6, 6.07) is 0. The Morgan fingerprint density at radius 3 is 1.18 bits per heavy atom. The van der Waals surface area contributed by atoms with Crippen molar-refractivity contribution in [1.29, 1.82) is 0 Å². The highest BCUT2D eigenvalue weighted by molar-refractivity contribution is 5.83. The molecule has 14 nitrogen and oxygen atoms in total. The largest absolute Gasteiger partial charge is 1.00 e. The minimum atomic E-state index is -0.829. The molecule has 0 aromatic heterocycles. The maximum absolute atomic E-state index is 11.7. The van der Waals surface area contributed by atoms with Gasteiger partial charge in [-0.1, -0.05) is 96.9 Å². The zero-order valence-electron chi connectivity index (χ0n) is 43.6. The van der Waals surface area contributed by atoms with E-state index in [-0.39, 0.29) is 80.0 Å². The van der Waals surface area contributed by atoms with Crippen molar-refractivity contribution in [2.75, 3.05) is 41.2 Å². The van der Waals surface area contributed by atoms with Gasteiger partial charge >= 0.3 is 31.3 Å². The number of carbonyl (C=O) groups excluding carboxylic acids is 5. The highest BCUT2D eigenvalue weighted by Gasteiger charge is 2.25. The number of methoxy groups -OCH3 is 3. The van der Waals surface area contributed by atoms with Crippen molar-refractivity contribution in [3.8, 4) is 0 Å². The molecule has 3 aliphatic heterocycles. The summed E-state index contributed by atoms with van der Waals surface area (Å²) in [6.45, 7) is 32.2. The fourth-order valence-electron chi connectivity index (χ4n) is 5.39. The van der Waals surface area contributed by atoms with Gasteiger partial charge in [0, 0.05) is 58.2 Å². The van der Waals surface area contributed by atoms with Gasteiger partial charge in [-0.05, 0) is 74.5 Å². The molecule has 0 aliphatic carbocycles. The van der Waals surface area contributed by atoms with Crippen LogP contribution in [0.25, 0.3) is 0 Å². The monoisotopic (exact) mass is 896 g/mol. The summed E-state index contributed by atoms with van der Waals surface area (Å²) in [7, 11) is 4.10. The molecular formula is C48H95O14+. The van der Waals surface area contributed by atoms with Gasteiger partial charge in [-0.3, -0.25) is 28.8 Å². The molecule has 14 heteroatoms. The Labute approximate surface area is 379 Å². The zero-order chi connectivity index (χ0) is 49.2. The number of hydrogen-bond donors (Lipinski definition) is 1. The third kappa shape index (κ3) is 43.5. The minimum Gasteiger partial charge on any atom is -0.481 e. The number of carboxylic acids is 1. The summed E-state index contributed by atoms with van der Waals surface area (Å²) < 4.78 is 34.4. The van der Waals surface area contributed by atoms with Gasteiger partial charge < -0.3 is 38.3 Å². The lowest BCUT2D eigenvalue weighted by Gasteiger charge is -2.19. The Hall–Kier alpha value is -3.10. The fraction of sp³-hybridized carbons (Fsp3) is 0.875. The number of carboxylic acid groups (broad SMARTS) is 1. The summed E-state index contributed by atoms with van der Waals surface area (Å²) in [4.78, 5) is 65.7. The zero-order valence-corrected chi connectivity index (χ0v) is 42.6. The minimum absolute atomic E-state index is 0. The second kappa shape index (κ2) is 45.9. The molecule has 7 unspecified atom stereocenters. The van der Waals surface area contributed by atoms with Crippen LogP contribution < -0.4 is 0 Å². The number of ketones is 1. The first-order valence-electron chi connectivity index (χ1n) is 23.2. The number of rotatable bonds is 16. The first-order chi connectivity index (χ1) is 29.2. The maximum atomic E-state index is 11.7. The van der Waals surface area contributed by atoms with E-state index in [1.807, 2.05) is 83.1 Å². The number of aliphatic carboxylic acids is 1. The molecule has 0 bridgehead atoms. The third-order valence-corrected chi connectivity index (χ3v) is 9.37. The Morgan fingerprint density at radius 1 is 0.516 bits per heavy atom. The molecule has 0 radical (unpaired) electrons. The molecule has 3 heterocycles. The van der Waals surface area contributed by atoms with Crippen molar-refractivity contribution in [2.24, 2.45) is 35.5 Å². The second-order valence-electron chi connectivity index (χ2n) is 15.8. The summed E-state index contributed by atoms with van der Waals surface area (Å²) in [6.07, 6.45) is 8.53. The van der Waals surface area contributed by atoms with Crippen LogP contribution in [0.1, 0.15) is 182 Å². The lowest BCUT2D eigenvalue weighted by atomic mass is 9.90. The Balaban J connectivity index is -0.000000161. The highest BCUT2D eigenvalue weighted by Crippen LogP contribution is 2.22. The molecular weight excluding hydrogens is 801 g/mol. The summed E-state index contributed by atoms with van der Waals surface area (Å²) in [5, 5.41) is 8.51. The van der Waals surface area contributed by atoms with Crippen molar-refractivity contribution >= 4 is 35.6 Å². The average Bonchev–Trinajstić information content (AvgIpc) is 4.06. The van der Waals surface area contributed by atoms with Crippen LogP contribution >= 0.6 is 0 Å². The third-order valence-electron chi connectivity index (χ3n) is 9.37. The van der Waals surface area contributed by atoms with Crippen LogP contribution in [0.3, 0.4) is 0 Å². The van der Waals surface area contributed by atoms with E-state index in [1.165, 1.54) is 34.2 Å². The van der Waals surface area contributed by atoms with Crippen molar-refractivity contribution in [2.45, 2.75) is 199 Å². The second-order valence-corrected chi connectivity index (χ2v) is 15.8. The van der Waals surface area contributed by atoms with Gasteiger partial charge in [-0.25, -0.2) is 0 Å². The van der Waals surface area contributed by atoms with E-state index < -0.39 is 5.97 Å². The molecule has 3 fully saturated rings. The van der Waals surface area contributed by atoms with E-state index in [1.54, 1.807) is 0 Å². The highest BCUT2D eigenvalue weighted by atomic mass is 16.7. The first-order valence-corrected chi connectivity index (χ1v) is 23.2. The molecule has 1 N–H and O–H groups in total.